The first-order valence-electron chi connectivity index (χ1n) is 3.55. The maximum atomic E-state index is 11.1. The third kappa shape index (κ3) is 1.29. The van der Waals surface area contributed by atoms with Gasteiger partial charge in [0.05, 0.1) is 6.54 Å². The summed E-state index contributed by atoms with van der Waals surface area (Å²) in [6.07, 6.45) is 0. The Morgan fingerprint density at radius 2 is 2.10 bits per heavy atom. The van der Waals surface area contributed by atoms with E-state index in [1.54, 1.807) is 4.90 Å². The van der Waals surface area contributed by atoms with Crippen molar-refractivity contribution in [1.29, 1.82) is 0 Å². The highest BCUT2D eigenvalue weighted by Gasteiger charge is 2.23. The summed E-state index contributed by atoms with van der Waals surface area (Å²) in [5.41, 5.74) is 0. The van der Waals surface area contributed by atoms with Gasteiger partial charge in [-0.2, -0.15) is 0 Å². The summed E-state index contributed by atoms with van der Waals surface area (Å²) in [6.45, 7) is 3.62. The Morgan fingerprint density at radius 3 is 2.60 bits per heavy atom. The van der Waals surface area contributed by atoms with Gasteiger partial charge in [-0.15, -0.1) is 0 Å². The molecule has 1 unspecified atom stereocenters. The van der Waals surface area contributed by atoms with Crippen LogP contribution in [0, 0.1) is 0 Å². The second-order valence-electron chi connectivity index (χ2n) is 3.05. The molecule has 1 amide bonds. The van der Waals surface area contributed by atoms with Crippen LogP contribution in [-0.2, 0) is 4.79 Å². The van der Waals surface area contributed by atoms with Crippen LogP contribution in [0.15, 0.2) is 0 Å². The van der Waals surface area contributed by atoms with Gasteiger partial charge < -0.3 is 4.90 Å². The molecule has 3 heteroatoms. The van der Waals surface area contributed by atoms with Crippen LogP contribution < -0.4 is 0 Å². The molecule has 1 aliphatic heterocycles. The molecule has 10 heavy (non-hydrogen) atoms. The molecule has 1 aliphatic rings. The number of hydrogen-bond acceptors (Lipinski definition) is 2. The normalized spacial score (nSPS) is 29.3. The molecule has 0 aromatic rings. The van der Waals surface area contributed by atoms with E-state index in [1.165, 1.54) is 0 Å². The van der Waals surface area contributed by atoms with Crippen LogP contribution in [0.2, 0.25) is 0 Å². The number of rotatable bonds is 0. The molecule has 0 saturated carbocycles. The van der Waals surface area contributed by atoms with Crippen LogP contribution in [0.1, 0.15) is 6.92 Å². The minimum Gasteiger partial charge on any atom is -0.341 e. The number of carbonyl (C=O) groups excluding carboxylic acids is 1. The first kappa shape index (κ1) is 7.54. The van der Waals surface area contributed by atoms with Crippen molar-refractivity contribution in [2.75, 3.05) is 27.2 Å². The summed E-state index contributed by atoms with van der Waals surface area (Å²) in [7, 11) is 3.83. The second-order valence-corrected chi connectivity index (χ2v) is 3.05. The maximum Gasteiger partial charge on any atom is 0.236 e. The molecule has 0 spiro atoms. The fourth-order valence-corrected chi connectivity index (χ4v) is 1.23. The molecular weight excluding hydrogens is 128 g/mol. The molecule has 1 fully saturated rings. The highest BCUT2D eigenvalue weighted by Crippen LogP contribution is 2.05. The predicted molar refractivity (Wildman–Crippen MR) is 39.7 cm³/mol. The standard InChI is InChI=1S/C7H14N2O/c1-6-4-8(2)5-7(10)9(6)3/h6H,4-5H2,1-3H3. The Morgan fingerprint density at radius 1 is 1.50 bits per heavy atom. The number of amides is 1. The Bertz CT molecular complexity index is 147. The fraction of sp³-hybridized carbons (Fsp3) is 0.857. The minimum atomic E-state index is 0.223. The first-order chi connectivity index (χ1) is 4.61. The van der Waals surface area contributed by atoms with Crippen molar-refractivity contribution in [3.63, 3.8) is 0 Å². The average Bonchev–Trinajstić information content (AvgIpc) is 1.82. The molecule has 0 N–H and O–H groups in total. The number of nitrogens with zero attached hydrogens (tertiary/aromatic N) is 2. The van der Waals surface area contributed by atoms with E-state index < -0.39 is 0 Å². The van der Waals surface area contributed by atoms with Crippen LogP contribution in [0.25, 0.3) is 0 Å². The summed E-state index contributed by atoms with van der Waals surface area (Å²) in [4.78, 5) is 15.0. The quantitative estimate of drug-likeness (QED) is 0.467. The van der Waals surface area contributed by atoms with E-state index in [4.69, 9.17) is 0 Å². The smallest absolute Gasteiger partial charge is 0.236 e. The van der Waals surface area contributed by atoms with E-state index in [1.807, 2.05) is 19.0 Å². The van der Waals surface area contributed by atoms with Gasteiger partial charge in [-0.05, 0) is 14.0 Å². The minimum absolute atomic E-state index is 0.223. The van der Waals surface area contributed by atoms with E-state index in [0.717, 1.165) is 6.54 Å². The Hall–Kier alpha value is -0.570. The molecule has 58 valence electrons. The van der Waals surface area contributed by atoms with Gasteiger partial charge in [0.15, 0.2) is 0 Å². The molecule has 0 radical (unpaired) electrons. The second kappa shape index (κ2) is 2.58. The fourth-order valence-electron chi connectivity index (χ4n) is 1.23. The Kier molecular flexibility index (Phi) is 1.94. The molecule has 0 aromatic heterocycles. The predicted octanol–water partition coefficient (Wildman–Crippen LogP) is -0.221. The topological polar surface area (TPSA) is 23.6 Å². The highest BCUT2D eigenvalue weighted by molar-refractivity contribution is 5.79. The van der Waals surface area contributed by atoms with E-state index in [0.29, 0.717) is 12.6 Å². The lowest BCUT2D eigenvalue weighted by molar-refractivity contribution is -0.136. The zero-order valence-electron chi connectivity index (χ0n) is 6.79. The summed E-state index contributed by atoms with van der Waals surface area (Å²) < 4.78 is 0. The summed E-state index contributed by atoms with van der Waals surface area (Å²) in [5.74, 6) is 0.223. The largest absolute Gasteiger partial charge is 0.341 e. The monoisotopic (exact) mass is 142 g/mol. The van der Waals surface area contributed by atoms with E-state index >= 15 is 0 Å². The molecule has 1 atom stereocenters. The number of carbonyl (C=O) groups is 1. The zero-order valence-corrected chi connectivity index (χ0v) is 6.79. The molecule has 0 aromatic carbocycles. The maximum absolute atomic E-state index is 11.1. The Balaban J connectivity index is 2.57. The number of hydrogen-bond donors (Lipinski definition) is 0. The molecule has 3 nitrogen and oxygen atoms in total. The van der Waals surface area contributed by atoms with Crippen LogP contribution >= 0.6 is 0 Å². The lowest BCUT2D eigenvalue weighted by Gasteiger charge is -2.35. The van der Waals surface area contributed by atoms with Crippen molar-refractivity contribution in [2.24, 2.45) is 0 Å². The van der Waals surface area contributed by atoms with Gasteiger partial charge in [-0.25, -0.2) is 0 Å². The van der Waals surface area contributed by atoms with Gasteiger partial charge >= 0.3 is 0 Å². The van der Waals surface area contributed by atoms with Gasteiger partial charge in [-0.3, -0.25) is 9.69 Å². The molecule has 1 heterocycles. The summed E-state index contributed by atoms with van der Waals surface area (Å²) in [5, 5.41) is 0. The highest BCUT2D eigenvalue weighted by atomic mass is 16.2. The lowest BCUT2D eigenvalue weighted by atomic mass is 10.2. The lowest BCUT2D eigenvalue weighted by Crippen LogP contribution is -2.52. The van der Waals surface area contributed by atoms with Crippen molar-refractivity contribution in [3.05, 3.63) is 0 Å². The van der Waals surface area contributed by atoms with Crippen LogP contribution in [0.3, 0.4) is 0 Å². The van der Waals surface area contributed by atoms with Gasteiger partial charge in [0.25, 0.3) is 0 Å². The number of piperazine rings is 1. The first-order valence-corrected chi connectivity index (χ1v) is 3.55. The number of likely N-dealkylation sites (N-methyl/N-ethyl adjacent to an activating group) is 2. The van der Waals surface area contributed by atoms with Crippen molar-refractivity contribution in [3.8, 4) is 0 Å². The van der Waals surface area contributed by atoms with E-state index in [9.17, 15) is 4.79 Å². The molecule has 0 aliphatic carbocycles. The molecule has 0 bridgehead atoms. The third-order valence-electron chi connectivity index (χ3n) is 2.04. The molecular formula is C7H14N2O. The SMILES string of the molecule is CC1CN(C)CC(=O)N1C. The van der Waals surface area contributed by atoms with Crippen molar-refractivity contribution in [2.45, 2.75) is 13.0 Å². The molecule has 1 rings (SSSR count). The average molecular weight is 142 g/mol. The van der Waals surface area contributed by atoms with Gasteiger partial charge in [-0.1, -0.05) is 0 Å². The van der Waals surface area contributed by atoms with Crippen molar-refractivity contribution < 1.29 is 4.79 Å². The van der Waals surface area contributed by atoms with Gasteiger partial charge in [0.2, 0.25) is 5.91 Å². The molecule has 1 saturated heterocycles. The van der Waals surface area contributed by atoms with Gasteiger partial charge in [0, 0.05) is 19.6 Å². The van der Waals surface area contributed by atoms with Crippen LogP contribution in [0.4, 0.5) is 0 Å². The van der Waals surface area contributed by atoms with E-state index in [2.05, 4.69) is 6.92 Å². The van der Waals surface area contributed by atoms with Crippen molar-refractivity contribution in [1.82, 2.24) is 9.80 Å². The van der Waals surface area contributed by atoms with Gasteiger partial charge in [0.1, 0.15) is 0 Å². The van der Waals surface area contributed by atoms with Crippen molar-refractivity contribution >= 4 is 5.91 Å². The van der Waals surface area contributed by atoms with Crippen LogP contribution in [-0.4, -0.2) is 48.9 Å². The zero-order chi connectivity index (χ0) is 7.72. The summed E-state index contributed by atoms with van der Waals surface area (Å²) in [6, 6.07) is 0.367. The Labute approximate surface area is 61.6 Å². The van der Waals surface area contributed by atoms with Crippen LogP contribution in [0.5, 0.6) is 0 Å². The van der Waals surface area contributed by atoms with E-state index in [-0.39, 0.29) is 5.91 Å². The summed E-state index contributed by atoms with van der Waals surface area (Å²) >= 11 is 0. The third-order valence-corrected chi connectivity index (χ3v) is 2.04.